The van der Waals surface area contributed by atoms with Gasteiger partial charge in [-0.05, 0) is 55.6 Å². The summed E-state index contributed by atoms with van der Waals surface area (Å²) in [6.45, 7) is 3.46. The predicted molar refractivity (Wildman–Crippen MR) is 75.5 cm³/mol. The van der Waals surface area contributed by atoms with Crippen LogP contribution in [0.5, 0.6) is 0 Å². The van der Waals surface area contributed by atoms with Gasteiger partial charge in [0.1, 0.15) is 5.60 Å². The fraction of sp³-hybridized carbons (Fsp3) is 0.467. The lowest BCUT2D eigenvalue weighted by atomic mass is 9.75. The van der Waals surface area contributed by atoms with Crippen LogP contribution in [0.15, 0.2) is 30.3 Å². The molecule has 5 rings (SSSR count). The molecule has 0 aromatic heterocycles. The SMILES string of the molecule is Clc1ccc(C2=CC3(CN4CCC3CC4)ON2)cc1. The van der Waals surface area contributed by atoms with E-state index in [0.29, 0.717) is 5.92 Å². The zero-order chi connectivity index (χ0) is 12.9. The Bertz CT molecular complexity index is 519. The summed E-state index contributed by atoms with van der Waals surface area (Å²) in [5.74, 6) is 0.648. The lowest BCUT2D eigenvalue weighted by molar-refractivity contribution is -0.135. The summed E-state index contributed by atoms with van der Waals surface area (Å²) in [6, 6.07) is 7.90. The Hall–Kier alpha value is -1.03. The molecule has 4 aliphatic heterocycles. The molecule has 3 nitrogen and oxygen atoms in total. The first-order valence-corrected chi connectivity index (χ1v) is 7.28. The third-order valence-electron chi connectivity index (χ3n) is 4.64. The average Bonchev–Trinajstić information content (AvgIpc) is 2.85. The van der Waals surface area contributed by atoms with Crippen molar-refractivity contribution >= 4 is 17.3 Å². The summed E-state index contributed by atoms with van der Waals surface area (Å²) in [5, 5.41) is 0.765. The number of fused-ring (bicyclic) bond motifs is 2. The van der Waals surface area contributed by atoms with Crippen molar-refractivity contribution in [1.82, 2.24) is 10.4 Å². The van der Waals surface area contributed by atoms with Gasteiger partial charge in [0.2, 0.25) is 0 Å². The van der Waals surface area contributed by atoms with Gasteiger partial charge in [0.25, 0.3) is 0 Å². The van der Waals surface area contributed by atoms with E-state index >= 15 is 0 Å². The molecule has 0 amide bonds. The molecule has 1 spiro atoms. The van der Waals surface area contributed by atoms with Gasteiger partial charge in [0.05, 0.1) is 5.70 Å². The molecule has 1 N–H and O–H groups in total. The summed E-state index contributed by atoms with van der Waals surface area (Å²) in [6.07, 6.45) is 4.77. The van der Waals surface area contributed by atoms with Crippen LogP contribution < -0.4 is 5.48 Å². The molecule has 1 atom stereocenters. The van der Waals surface area contributed by atoms with Gasteiger partial charge in [-0.25, -0.2) is 0 Å². The smallest absolute Gasteiger partial charge is 0.132 e. The van der Waals surface area contributed by atoms with E-state index < -0.39 is 0 Å². The van der Waals surface area contributed by atoms with Gasteiger partial charge in [-0.3, -0.25) is 15.2 Å². The maximum absolute atomic E-state index is 6.00. The van der Waals surface area contributed by atoms with Crippen molar-refractivity contribution in [2.75, 3.05) is 19.6 Å². The molecule has 3 fully saturated rings. The van der Waals surface area contributed by atoms with Crippen molar-refractivity contribution in [2.45, 2.75) is 18.4 Å². The Labute approximate surface area is 118 Å². The van der Waals surface area contributed by atoms with Crippen LogP contribution >= 0.6 is 11.6 Å². The number of nitrogens with zero attached hydrogens (tertiary/aromatic N) is 1. The number of hydrogen-bond donors (Lipinski definition) is 1. The third-order valence-corrected chi connectivity index (χ3v) is 4.90. The Morgan fingerprint density at radius 1 is 1.21 bits per heavy atom. The second kappa shape index (κ2) is 4.23. The van der Waals surface area contributed by atoms with Crippen LogP contribution in [-0.4, -0.2) is 30.1 Å². The summed E-state index contributed by atoms with van der Waals surface area (Å²) >= 11 is 5.93. The molecule has 3 saturated heterocycles. The summed E-state index contributed by atoms with van der Waals surface area (Å²) in [4.78, 5) is 8.50. The number of benzene rings is 1. The summed E-state index contributed by atoms with van der Waals surface area (Å²) < 4.78 is 0. The van der Waals surface area contributed by atoms with Crippen LogP contribution in [0.4, 0.5) is 0 Å². The molecule has 0 aliphatic carbocycles. The summed E-state index contributed by atoms with van der Waals surface area (Å²) in [7, 11) is 0. The van der Waals surface area contributed by atoms with Crippen molar-refractivity contribution in [3.05, 3.63) is 40.9 Å². The fourth-order valence-corrected chi connectivity index (χ4v) is 3.69. The van der Waals surface area contributed by atoms with Gasteiger partial charge >= 0.3 is 0 Å². The van der Waals surface area contributed by atoms with Crippen molar-refractivity contribution in [3.8, 4) is 0 Å². The van der Waals surface area contributed by atoms with Crippen LogP contribution in [0.3, 0.4) is 0 Å². The van der Waals surface area contributed by atoms with Crippen LogP contribution in [0.25, 0.3) is 5.70 Å². The highest BCUT2D eigenvalue weighted by Crippen LogP contribution is 2.42. The summed E-state index contributed by atoms with van der Waals surface area (Å²) in [5.41, 5.74) is 5.22. The second-order valence-electron chi connectivity index (χ2n) is 5.77. The highest BCUT2D eigenvalue weighted by Gasteiger charge is 2.49. The Morgan fingerprint density at radius 3 is 2.58 bits per heavy atom. The number of piperidine rings is 3. The molecule has 0 saturated carbocycles. The van der Waals surface area contributed by atoms with E-state index in [9.17, 15) is 0 Å². The van der Waals surface area contributed by atoms with Crippen LogP contribution in [0.2, 0.25) is 5.02 Å². The quantitative estimate of drug-likeness (QED) is 0.854. The number of hydroxylamine groups is 1. The first-order chi connectivity index (χ1) is 9.25. The topological polar surface area (TPSA) is 24.5 Å². The Kier molecular flexibility index (Phi) is 2.62. The van der Waals surface area contributed by atoms with Gasteiger partial charge in [-0.2, -0.15) is 0 Å². The Balaban J connectivity index is 1.65. The third kappa shape index (κ3) is 1.88. The minimum atomic E-state index is -0.120. The molecule has 19 heavy (non-hydrogen) atoms. The monoisotopic (exact) mass is 276 g/mol. The van der Waals surface area contributed by atoms with Crippen LogP contribution in [-0.2, 0) is 4.84 Å². The van der Waals surface area contributed by atoms with Gasteiger partial charge in [-0.15, -0.1) is 0 Å². The zero-order valence-electron chi connectivity index (χ0n) is 10.7. The molecular weight excluding hydrogens is 260 g/mol. The number of nitrogens with one attached hydrogen (secondary N) is 1. The lowest BCUT2D eigenvalue weighted by Crippen LogP contribution is -2.58. The molecular formula is C15H17ClN2O. The maximum atomic E-state index is 6.00. The zero-order valence-corrected chi connectivity index (χ0v) is 11.5. The van der Waals surface area contributed by atoms with E-state index in [2.05, 4.69) is 16.5 Å². The molecule has 1 aromatic rings. The molecule has 4 heteroatoms. The van der Waals surface area contributed by atoms with Gasteiger partial charge in [0, 0.05) is 11.6 Å². The van der Waals surface area contributed by atoms with E-state index in [1.165, 1.54) is 25.9 Å². The normalized spacial score (nSPS) is 36.4. The average molecular weight is 277 g/mol. The van der Waals surface area contributed by atoms with Gasteiger partial charge in [-0.1, -0.05) is 23.7 Å². The van der Waals surface area contributed by atoms with Gasteiger partial charge in [0.15, 0.2) is 0 Å². The number of rotatable bonds is 1. The van der Waals surface area contributed by atoms with Crippen molar-refractivity contribution in [2.24, 2.45) is 5.92 Å². The lowest BCUT2D eigenvalue weighted by Gasteiger charge is -2.49. The van der Waals surface area contributed by atoms with Crippen LogP contribution in [0.1, 0.15) is 18.4 Å². The van der Waals surface area contributed by atoms with E-state index in [4.69, 9.17) is 16.4 Å². The first-order valence-electron chi connectivity index (χ1n) is 6.90. The Morgan fingerprint density at radius 2 is 1.95 bits per heavy atom. The number of halogens is 1. The molecule has 4 heterocycles. The molecule has 1 aromatic carbocycles. The predicted octanol–water partition coefficient (Wildman–Crippen LogP) is 2.68. The minimum Gasteiger partial charge on any atom is -0.300 e. The van der Waals surface area contributed by atoms with Crippen molar-refractivity contribution in [3.63, 3.8) is 0 Å². The van der Waals surface area contributed by atoms with Gasteiger partial charge < -0.3 is 0 Å². The van der Waals surface area contributed by atoms with Crippen molar-refractivity contribution < 1.29 is 4.84 Å². The second-order valence-corrected chi connectivity index (χ2v) is 6.21. The largest absolute Gasteiger partial charge is 0.300 e. The molecule has 1 unspecified atom stereocenters. The fourth-order valence-electron chi connectivity index (χ4n) is 3.56. The molecule has 2 bridgehead atoms. The highest BCUT2D eigenvalue weighted by atomic mass is 35.5. The highest BCUT2D eigenvalue weighted by molar-refractivity contribution is 6.30. The van der Waals surface area contributed by atoms with Crippen LogP contribution in [0, 0.1) is 5.92 Å². The van der Waals surface area contributed by atoms with E-state index in [1.807, 2.05) is 24.3 Å². The van der Waals surface area contributed by atoms with E-state index in [1.54, 1.807) is 0 Å². The first kappa shape index (κ1) is 11.8. The molecule has 0 radical (unpaired) electrons. The molecule has 100 valence electrons. The van der Waals surface area contributed by atoms with Crippen molar-refractivity contribution in [1.29, 1.82) is 0 Å². The number of hydrogen-bond acceptors (Lipinski definition) is 3. The maximum Gasteiger partial charge on any atom is 0.132 e. The molecule has 4 aliphatic rings. The van der Waals surface area contributed by atoms with E-state index in [-0.39, 0.29) is 5.60 Å². The standard InChI is InChI=1S/C15H17ClN2O/c16-13-3-1-11(2-4-13)14-9-15(19-17-14)10-18-7-5-12(15)6-8-18/h1-4,9,12,17H,5-8,10H2. The van der Waals surface area contributed by atoms with E-state index in [0.717, 1.165) is 22.8 Å². The minimum absolute atomic E-state index is 0.120.